The summed E-state index contributed by atoms with van der Waals surface area (Å²) in [6, 6.07) is 8.18. The minimum absolute atomic E-state index is 0.0941. The van der Waals surface area contributed by atoms with Gasteiger partial charge in [-0.05, 0) is 24.6 Å². The monoisotopic (exact) mass is 331 g/mol. The van der Waals surface area contributed by atoms with Gasteiger partial charge in [0, 0.05) is 31.4 Å². The number of carbonyl (C=O) groups excluding carboxylic acids is 1. The van der Waals surface area contributed by atoms with Gasteiger partial charge in [0.15, 0.2) is 18.1 Å². The van der Waals surface area contributed by atoms with Gasteiger partial charge in [0.25, 0.3) is 11.5 Å². The summed E-state index contributed by atoms with van der Waals surface area (Å²) in [5.74, 6) is 1.57. The summed E-state index contributed by atoms with van der Waals surface area (Å²) in [4.78, 5) is 23.2. The lowest BCUT2D eigenvalue weighted by atomic mass is 10.3. The molecular formula is C16H17N3O5. The van der Waals surface area contributed by atoms with Crippen LogP contribution >= 0.6 is 0 Å². The van der Waals surface area contributed by atoms with Crippen molar-refractivity contribution in [2.24, 2.45) is 0 Å². The van der Waals surface area contributed by atoms with Crippen LogP contribution in [0.4, 0.5) is 0 Å². The predicted molar refractivity (Wildman–Crippen MR) is 84.2 cm³/mol. The van der Waals surface area contributed by atoms with Crippen LogP contribution in [-0.2, 0) is 11.3 Å². The molecule has 0 saturated carbocycles. The number of nitrogens with zero attached hydrogens (tertiary/aromatic N) is 2. The number of hydrogen-bond acceptors (Lipinski definition) is 6. The zero-order valence-corrected chi connectivity index (χ0v) is 12.9. The molecule has 0 saturated heterocycles. The molecule has 1 aliphatic rings. The van der Waals surface area contributed by atoms with Crippen LogP contribution in [0.3, 0.4) is 0 Å². The number of hydrogen-bond donors (Lipinski definition) is 1. The van der Waals surface area contributed by atoms with E-state index < -0.39 is 0 Å². The normalized spacial score (nSPS) is 12.0. The van der Waals surface area contributed by atoms with E-state index in [2.05, 4.69) is 10.4 Å². The number of amides is 1. The van der Waals surface area contributed by atoms with Crippen molar-refractivity contribution in [3.05, 3.63) is 46.9 Å². The van der Waals surface area contributed by atoms with Crippen LogP contribution < -0.4 is 25.1 Å². The molecule has 24 heavy (non-hydrogen) atoms. The van der Waals surface area contributed by atoms with Crippen LogP contribution in [0.2, 0.25) is 0 Å². The van der Waals surface area contributed by atoms with Gasteiger partial charge >= 0.3 is 0 Å². The van der Waals surface area contributed by atoms with Gasteiger partial charge in [-0.3, -0.25) is 9.59 Å². The SMILES string of the molecule is O=C(COc1ccc2c(c1)OCO2)NCCCn1ncccc1=O. The molecule has 2 aromatic rings. The van der Waals surface area contributed by atoms with E-state index in [0.29, 0.717) is 36.8 Å². The number of fused-ring (bicyclic) bond motifs is 1. The van der Waals surface area contributed by atoms with Crippen molar-refractivity contribution in [2.75, 3.05) is 19.9 Å². The summed E-state index contributed by atoms with van der Waals surface area (Å²) < 4.78 is 17.2. The fourth-order valence-electron chi connectivity index (χ4n) is 2.18. The second-order valence-corrected chi connectivity index (χ2v) is 5.09. The van der Waals surface area contributed by atoms with Crippen LogP contribution in [0, 0.1) is 0 Å². The molecule has 3 rings (SSSR count). The quantitative estimate of drug-likeness (QED) is 0.745. The Hall–Kier alpha value is -3.03. The number of rotatable bonds is 7. The van der Waals surface area contributed by atoms with Gasteiger partial charge in [-0.1, -0.05) is 0 Å². The Labute approximate surface area is 138 Å². The smallest absolute Gasteiger partial charge is 0.266 e. The van der Waals surface area contributed by atoms with Crippen LogP contribution in [0.15, 0.2) is 41.3 Å². The van der Waals surface area contributed by atoms with E-state index in [4.69, 9.17) is 14.2 Å². The number of ether oxygens (including phenoxy) is 3. The first-order chi connectivity index (χ1) is 11.7. The molecule has 0 radical (unpaired) electrons. The van der Waals surface area contributed by atoms with E-state index in [1.54, 1.807) is 30.5 Å². The lowest BCUT2D eigenvalue weighted by molar-refractivity contribution is -0.123. The third-order valence-electron chi connectivity index (χ3n) is 3.37. The lowest BCUT2D eigenvalue weighted by Gasteiger charge is -2.08. The summed E-state index contributed by atoms with van der Waals surface area (Å²) in [6.07, 6.45) is 2.16. The zero-order valence-electron chi connectivity index (χ0n) is 12.9. The number of carbonyl (C=O) groups is 1. The molecule has 2 heterocycles. The van der Waals surface area contributed by atoms with Gasteiger partial charge in [0.1, 0.15) is 5.75 Å². The molecule has 0 spiro atoms. The topological polar surface area (TPSA) is 91.7 Å². The van der Waals surface area contributed by atoms with E-state index in [9.17, 15) is 9.59 Å². The Morgan fingerprint density at radius 1 is 1.29 bits per heavy atom. The summed E-state index contributed by atoms with van der Waals surface area (Å²) in [6.45, 7) is 0.983. The van der Waals surface area contributed by atoms with Crippen molar-refractivity contribution in [1.82, 2.24) is 15.1 Å². The fourth-order valence-corrected chi connectivity index (χ4v) is 2.18. The molecule has 0 unspecified atom stereocenters. The van der Waals surface area contributed by atoms with Gasteiger partial charge in [0.05, 0.1) is 0 Å². The second kappa shape index (κ2) is 7.49. The molecular weight excluding hydrogens is 314 g/mol. The Kier molecular flexibility index (Phi) is 4.95. The first-order valence-electron chi connectivity index (χ1n) is 7.54. The van der Waals surface area contributed by atoms with Crippen molar-refractivity contribution in [3.63, 3.8) is 0 Å². The first kappa shape index (κ1) is 15.9. The molecule has 1 N–H and O–H groups in total. The van der Waals surface area contributed by atoms with Gasteiger partial charge in [0.2, 0.25) is 6.79 Å². The molecule has 126 valence electrons. The Bertz CT molecular complexity index is 774. The van der Waals surface area contributed by atoms with Gasteiger partial charge in [-0.2, -0.15) is 5.10 Å². The van der Waals surface area contributed by atoms with Crippen molar-refractivity contribution < 1.29 is 19.0 Å². The average Bonchev–Trinajstić information content (AvgIpc) is 3.06. The molecule has 8 heteroatoms. The van der Waals surface area contributed by atoms with Crippen molar-refractivity contribution in [2.45, 2.75) is 13.0 Å². The third kappa shape index (κ3) is 4.03. The molecule has 0 fully saturated rings. The molecule has 0 bridgehead atoms. The molecule has 8 nitrogen and oxygen atoms in total. The number of aryl methyl sites for hydroxylation is 1. The highest BCUT2D eigenvalue weighted by Crippen LogP contribution is 2.34. The van der Waals surface area contributed by atoms with Crippen LogP contribution in [0.5, 0.6) is 17.2 Å². The molecule has 1 amide bonds. The first-order valence-corrected chi connectivity index (χ1v) is 7.54. The van der Waals surface area contributed by atoms with Crippen LogP contribution in [0.25, 0.3) is 0 Å². The maximum Gasteiger partial charge on any atom is 0.266 e. The highest BCUT2D eigenvalue weighted by Gasteiger charge is 2.14. The largest absolute Gasteiger partial charge is 0.484 e. The fraction of sp³-hybridized carbons (Fsp3) is 0.312. The number of aromatic nitrogens is 2. The van der Waals surface area contributed by atoms with Gasteiger partial charge in [-0.15, -0.1) is 0 Å². The van der Waals surface area contributed by atoms with E-state index in [0.717, 1.165) is 0 Å². The second-order valence-electron chi connectivity index (χ2n) is 5.09. The highest BCUT2D eigenvalue weighted by molar-refractivity contribution is 5.77. The number of nitrogens with one attached hydrogen (secondary N) is 1. The summed E-state index contributed by atoms with van der Waals surface area (Å²) in [5, 5.41) is 6.68. The van der Waals surface area contributed by atoms with Gasteiger partial charge < -0.3 is 19.5 Å². The summed E-state index contributed by atoms with van der Waals surface area (Å²) in [7, 11) is 0. The molecule has 1 aromatic heterocycles. The maximum absolute atomic E-state index is 11.8. The van der Waals surface area contributed by atoms with Gasteiger partial charge in [-0.25, -0.2) is 4.68 Å². The average molecular weight is 331 g/mol. The molecule has 0 aliphatic carbocycles. The summed E-state index contributed by atoms with van der Waals surface area (Å²) >= 11 is 0. The minimum atomic E-state index is -0.235. The van der Waals surface area contributed by atoms with Crippen molar-refractivity contribution >= 4 is 5.91 Å². The van der Waals surface area contributed by atoms with E-state index in [-0.39, 0.29) is 24.9 Å². The maximum atomic E-state index is 11.8. The minimum Gasteiger partial charge on any atom is -0.484 e. The van der Waals surface area contributed by atoms with Crippen LogP contribution in [0.1, 0.15) is 6.42 Å². The standard InChI is InChI=1S/C16H17N3O5/c20-15(17-6-2-8-19-16(21)3-1-7-18-19)10-22-12-4-5-13-14(9-12)24-11-23-13/h1,3-5,7,9H,2,6,8,10-11H2,(H,17,20). The number of benzene rings is 1. The van der Waals surface area contributed by atoms with Crippen LogP contribution in [-0.4, -0.2) is 35.6 Å². The molecule has 1 aromatic carbocycles. The summed E-state index contributed by atoms with van der Waals surface area (Å²) in [5.41, 5.74) is -0.157. The Morgan fingerprint density at radius 2 is 2.17 bits per heavy atom. The third-order valence-corrected chi connectivity index (χ3v) is 3.37. The Morgan fingerprint density at radius 3 is 3.04 bits per heavy atom. The molecule has 0 atom stereocenters. The van der Waals surface area contributed by atoms with Crippen molar-refractivity contribution in [3.8, 4) is 17.2 Å². The zero-order chi connectivity index (χ0) is 16.8. The Balaban J connectivity index is 1.37. The van der Waals surface area contributed by atoms with Crippen molar-refractivity contribution in [1.29, 1.82) is 0 Å². The van der Waals surface area contributed by atoms with E-state index in [1.165, 1.54) is 10.7 Å². The predicted octanol–water partition coefficient (Wildman–Crippen LogP) is 0.557. The van der Waals surface area contributed by atoms with E-state index in [1.807, 2.05) is 0 Å². The highest BCUT2D eigenvalue weighted by atomic mass is 16.7. The van der Waals surface area contributed by atoms with E-state index >= 15 is 0 Å². The lowest BCUT2D eigenvalue weighted by Crippen LogP contribution is -2.31. The molecule has 1 aliphatic heterocycles.